The van der Waals surface area contributed by atoms with Crippen LogP contribution in [0.15, 0.2) is 109 Å². The van der Waals surface area contributed by atoms with Gasteiger partial charge in [-0.05, 0) is 52.6 Å². The van der Waals surface area contributed by atoms with Crippen LogP contribution in [0.4, 0.5) is 0 Å². The first kappa shape index (κ1) is 27.8. The Morgan fingerprint density at radius 2 is 1.40 bits per heavy atom. The Morgan fingerprint density at radius 3 is 2.00 bits per heavy atom. The number of tetrazole rings is 1. The van der Waals surface area contributed by atoms with E-state index in [0.717, 1.165) is 47.5 Å². The van der Waals surface area contributed by atoms with E-state index >= 15 is 0 Å². The molecule has 0 radical (unpaired) electrons. The smallest absolute Gasteiger partial charge is 0.311 e. The van der Waals surface area contributed by atoms with Crippen molar-refractivity contribution < 1.29 is 9.47 Å². The van der Waals surface area contributed by atoms with Gasteiger partial charge < -0.3 is 9.47 Å². The number of hydrogen-bond donors (Lipinski definition) is 1. The zero-order chi connectivity index (χ0) is 29.5. The number of aromatic nitrogens is 7. The summed E-state index contributed by atoms with van der Waals surface area (Å²) in [6.07, 6.45) is 2.63. The molecule has 9 nitrogen and oxygen atoms in total. The number of ether oxygens (including phenoxy) is 2. The van der Waals surface area contributed by atoms with Crippen molar-refractivity contribution in [1.29, 1.82) is 0 Å². The van der Waals surface area contributed by atoms with Gasteiger partial charge in [0.2, 0.25) is 11.6 Å². The molecule has 0 unspecified atom stereocenters. The van der Waals surface area contributed by atoms with Crippen LogP contribution in [0.1, 0.15) is 43.9 Å². The number of nitrogens with one attached hydrogen (secondary N) is 1. The first-order valence-corrected chi connectivity index (χ1v) is 14.5. The van der Waals surface area contributed by atoms with Crippen molar-refractivity contribution in [3.05, 3.63) is 126 Å². The average molecular weight is 572 g/mol. The lowest BCUT2D eigenvalue weighted by molar-refractivity contribution is -0.112. The highest BCUT2D eigenvalue weighted by Gasteiger charge is 2.37. The minimum absolute atomic E-state index is 0.469. The highest BCUT2D eigenvalue weighted by Crippen LogP contribution is 2.32. The lowest BCUT2D eigenvalue weighted by Crippen LogP contribution is -2.37. The van der Waals surface area contributed by atoms with Crippen molar-refractivity contribution >= 4 is 0 Å². The third-order valence-electron chi connectivity index (χ3n) is 7.13. The van der Waals surface area contributed by atoms with Gasteiger partial charge in [-0.3, -0.25) is 0 Å². The minimum atomic E-state index is -1.25. The second kappa shape index (κ2) is 12.7. The van der Waals surface area contributed by atoms with E-state index in [1.807, 2.05) is 90.5 Å². The number of unbranched alkanes of at least 4 members (excludes halogenated alkanes) is 1. The molecule has 0 amide bonds. The molecule has 0 atom stereocenters. The van der Waals surface area contributed by atoms with Crippen LogP contribution in [0.5, 0.6) is 11.5 Å². The van der Waals surface area contributed by atoms with Gasteiger partial charge in [0.1, 0.15) is 17.3 Å². The summed E-state index contributed by atoms with van der Waals surface area (Å²) in [5.41, 5.74) is 4.14. The fourth-order valence-corrected chi connectivity index (χ4v) is 4.91. The molecule has 0 saturated heterocycles. The molecule has 0 aliphatic rings. The van der Waals surface area contributed by atoms with Crippen molar-refractivity contribution in [2.75, 3.05) is 0 Å². The Balaban J connectivity index is 1.31. The van der Waals surface area contributed by atoms with Crippen LogP contribution >= 0.6 is 0 Å². The van der Waals surface area contributed by atoms with Crippen molar-refractivity contribution in [3.63, 3.8) is 0 Å². The topological polar surface area (TPSA) is 104 Å². The Labute approximate surface area is 250 Å². The van der Waals surface area contributed by atoms with Crippen LogP contribution in [-0.4, -0.2) is 35.4 Å². The van der Waals surface area contributed by atoms with E-state index in [-0.39, 0.29) is 0 Å². The Morgan fingerprint density at radius 1 is 0.767 bits per heavy atom. The van der Waals surface area contributed by atoms with E-state index in [0.29, 0.717) is 29.6 Å². The summed E-state index contributed by atoms with van der Waals surface area (Å²) >= 11 is 0. The molecule has 6 rings (SSSR count). The lowest BCUT2D eigenvalue weighted by Gasteiger charge is -2.28. The first-order valence-electron chi connectivity index (χ1n) is 14.5. The number of nitrogens with zero attached hydrogens (tertiary/aromatic N) is 6. The van der Waals surface area contributed by atoms with Crippen molar-refractivity contribution in [2.24, 2.45) is 0 Å². The molecule has 2 heterocycles. The third kappa shape index (κ3) is 6.46. The van der Waals surface area contributed by atoms with Gasteiger partial charge in [0, 0.05) is 25.5 Å². The fourth-order valence-electron chi connectivity index (χ4n) is 4.91. The molecule has 43 heavy (non-hydrogen) atoms. The lowest BCUT2D eigenvalue weighted by atomic mass is 9.98. The van der Waals surface area contributed by atoms with Crippen LogP contribution in [0.25, 0.3) is 22.5 Å². The molecular weight excluding hydrogens is 538 g/mol. The molecule has 4 aromatic carbocycles. The van der Waals surface area contributed by atoms with E-state index in [9.17, 15) is 0 Å². The number of H-pyrrole nitrogens is 1. The second-order valence-electron chi connectivity index (χ2n) is 10.4. The SMILES string of the molecule is CCCCn1nc(C(C)(Oc2ccccc2)Oc2ccccc2)nc1Cc1ccc(-c2ccccc2-c2nn[nH]n2)cc1. The summed E-state index contributed by atoms with van der Waals surface area (Å²) in [5.74, 6) is 1.97. The van der Waals surface area contributed by atoms with Gasteiger partial charge in [-0.1, -0.05) is 98.3 Å². The summed E-state index contributed by atoms with van der Waals surface area (Å²) in [7, 11) is 0. The Bertz CT molecular complexity index is 1690. The monoisotopic (exact) mass is 571 g/mol. The minimum Gasteiger partial charge on any atom is -0.446 e. The van der Waals surface area contributed by atoms with E-state index in [1.54, 1.807) is 0 Å². The zero-order valence-electron chi connectivity index (χ0n) is 24.2. The van der Waals surface area contributed by atoms with Gasteiger partial charge in [-0.15, -0.1) is 15.3 Å². The van der Waals surface area contributed by atoms with Crippen LogP contribution < -0.4 is 9.47 Å². The highest BCUT2D eigenvalue weighted by atomic mass is 16.7. The van der Waals surface area contributed by atoms with Crippen LogP contribution in [0.3, 0.4) is 0 Å². The van der Waals surface area contributed by atoms with Crippen molar-refractivity contribution in [2.45, 2.75) is 45.4 Å². The molecule has 1 N–H and O–H groups in total. The summed E-state index contributed by atoms with van der Waals surface area (Å²) in [6, 6.07) is 35.8. The maximum Gasteiger partial charge on any atom is 0.311 e. The summed E-state index contributed by atoms with van der Waals surface area (Å²) in [5, 5.41) is 19.5. The molecule has 216 valence electrons. The molecular formula is C34H33N7O2. The summed E-state index contributed by atoms with van der Waals surface area (Å²) < 4.78 is 14.9. The average Bonchev–Trinajstić information content (AvgIpc) is 3.73. The van der Waals surface area contributed by atoms with E-state index in [1.165, 1.54) is 0 Å². The molecule has 0 bridgehead atoms. The number of rotatable bonds is 12. The highest BCUT2D eigenvalue weighted by molar-refractivity contribution is 5.80. The Hall–Kier alpha value is -5.31. The summed E-state index contributed by atoms with van der Waals surface area (Å²) in [4.78, 5) is 5.03. The number of aromatic amines is 1. The predicted molar refractivity (Wildman–Crippen MR) is 164 cm³/mol. The van der Waals surface area contributed by atoms with Crippen LogP contribution in [0.2, 0.25) is 0 Å². The molecule has 0 fully saturated rings. The second-order valence-corrected chi connectivity index (χ2v) is 10.4. The largest absolute Gasteiger partial charge is 0.446 e. The number of para-hydroxylation sites is 2. The van der Waals surface area contributed by atoms with Gasteiger partial charge in [0.15, 0.2) is 0 Å². The Kier molecular flexibility index (Phi) is 8.21. The number of benzene rings is 4. The first-order chi connectivity index (χ1) is 21.1. The molecule has 0 aliphatic carbocycles. The normalized spacial score (nSPS) is 11.4. The molecule has 6 aromatic rings. The molecule has 2 aromatic heterocycles. The number of hydrogen-bond acceptors (Lipinski definition) is 7. The van der Waals surface area contributed by atoms with E-state index in [4.69, 9.17) is 19.6 Å². The summed E-state index contributed by atoms with van der Waals surface area (Å²) in [6.45, 7) is 4.79. The fraction of sp³-hybridized carbons (Fsp3) is 0.206. The van der Waals surface area contributed by atoms with Gasteiger partial charge >= 0.3 is 5.79 Å². The van der Waals surface area contributed by atoms with Gasteiger partial charge in [0.25, 0.3) is 0 Å². The molecule has 9 heteroatoms. The van der Waals surface area contributed by atoms with Crippen molar-refractivity contribution in [1.82, 2.24) is 35.4 Å². The van der Waals surface area contributed by atoms with Gasteiger partial charge in [-0.2, -0.15) is 5.21 Å². The molecule has 0 saturated carbocycles. The molecule has 0 aliphatic heterocycles. The van der Waals surface area contributed by atoms with Gasteiger partial charge in [0.05, 0.1) is 0 Å². The quantitative estimate of drug-likeness (QED) is 0.160. The number of aryl methyl sites for hydroxylation is 1. The maximum atomic E-state index is 6.44. The van der Waals surface area contributed by atoms with Crippen LogP contribution in [0, 0.1) is 0 Å². The van der Waals surface area contributed by atoms with E-state index in [2.05, 4.69) is 57.9 Å². The van der Waals surface area contributed by atoms with Crippen molar-refractivity contribution in [3.8, 4) is 34.0 Å². The van der Waals surface area contributed by atoms with Crippen LogP contribution in [-0.2, 0) is 18.8 Å². The predicted octanol–water partition coefficient (Wildman–Crippen LogP) is 6.85. The van der Waals surface area contributed by atoms with Gasteiger partial charge in [-0.25, -0.2) is 9.67 Å². The molecule has 0 spiro atoms. The van der Waals surface area contributed by atoms with E-state index < -0.39 is 5.79 Å². The standard InChI is InChI=1S/C34H33N7O2/c1-3-4-23-41-31(24-25-19-21-26(22-20-25)29-17-11-12-18-30(29)32-36-39-40-37-32)35-33(38-41)34(2,42-27-13-7-5-8-14-27)43-28-15-9-6-10-16-28/h5-22H,3-4,23-24H2,1-2H3,(H,36,37,39,40). The zero-order valence-corrected chi connectivity index (χ0v) is 24.2. The third-order valence-corrected chi connectivity index (χ3v) is 7.13. The maximum absolute atomic E-state index is 6.44.